The highest BCUT2D eigenvalue weighted by atomic mass is 16.5. The fourth-order valence-electron chi connectivity index (χ4n) is 10.5. The molecular formula is C39H52O4. The second kappa shape index (κ2) is 9.94. The van der Waals surface area contributed by atoms with Gasteiger partial charge >= 0.3 is 11.9 Å². The van der Waals surface area contributed by atoms with Crippen LogP contribution in [0.1, 0.15) is 117 Å². The van der Waals surface area contributed by atoms with Gasteiger partial charge in [-0.25, -0.2) is 4.79 Å². The molecule has 0 aliphatic heterocycles. The summed E-state index contributed by atoms with van der Waals surface area (Å²) in [6, 6.07) is 9.39. The molecule has 1 aromatic carbocycles. The predicted octanol–water partition coefficient (Wildman–Crippen LogP) is 9.42. The van der Waals surface area contributed by atoms with Gasteiger partial charge in [0.2, 0.25) is 0 Å². The molecule has 0 amide bonds. The minimum absolute atomic E-state index is 0.0288. The lowest BCUT2D eigenvalue weighted by atomic mass is 9.36. The molecule has 5 aliphatic rings. The van der Waals surface area contributed by atoms with Crippen molar-refractivity contribution in [2.45, 2.75) is 113 Å². The van der Waals surface area contributed by atoms with Crippen LogP contribution >= 0.6 is 0 Å². The Hall–Kier alpha value is -2.62. The van der Waals surface area contributed by atoms with E-state index in [-0.39, 0.29) is 45.1 Å². The van der Waals surface area contributed by atoms with Crippen molar-refractivity contribution >= 4 is 11.9 Å². The zero-order valence-corrected chi connectivity index (χ0v) is 27.8. The van der Waals surface area contributed by atoms with E-state index < -0.39 is 0 Å². The van der Waals surface area contributed by atoms with E-state index in [1.54, 1.807) is 5.57 Å². The Morgan fingerprint density at radius 1 is 0.860 bits per heavy atom. The molecule has 4 nitrogen and oxygen atoms in total. The third kappa shape index (κ3) is 4.52. The molecule has 3 saturated carbocycles. The van der Waals surface area contributed by atoms with Crippen LogP contribution in [-0.2, 0) is 14.3 Å². The summed E-state index contributed by atoms with van der Waals surface area (Å²) in [6.45, 7) is 19.0. The van der Waals surface area contributed by atoms with E-state index in [2.05, 4.69) is 66.7 Å². The van der Waals surface area contributed by atoms with Gasteiger partial charge in [-0.15, -0.1) is 0 Å². The van der Waals surface area contributed by atoms with Crippen molar-refractivity contribution < 1.29 is 19.1 Å². The Morgan fingerprint density at radius 3 is 2.26 bits per heavy atom. The Balaban J connectivity index is 1.31. The summed E-state index contributed by atoms with van der Waals surface area (Å²) in [5.74, 6) is 0.143. The molecule has 0 heterocycles. The van der Waals surface area contributed by atoms with Gasteiger partial charge in [-0.05, 0) is 96.8 Å². The maximum atomic E-state index is 12.9. The number of hydrogen-bond acceptors (Lipinski definition) is 4. The number of allylic oxidation sites excluding steroid dienone is 5. The van der Waals surface area contributed by atoms with Gasteiger partial charge in [-0.2, -0.15) is 0 Å². The van der Waals surface area contributed by atoms with Crippen LogP contribution in [-0.4, -0.2) is 24.6 Å². The van der Waals surface area contributed by atoms with Crippen molar-refractivity contribution in [3.8, 4) is 0 Å². The highest BCUT2D eigenvalue weighted by Gasteiger charge is 2.65. The van der Waals surface area contributed by atoms with Gasteiger partial charge in [-0.3, -0.25) is 4.79 Å². The normalized spacial score (nSPS) is 41.2. The second-order valence-corrected chi connectivity index (χ2v) is 16.6. The van der Waals surface area contributed by atoms with Gasteiger partial charge in [-0.1, -0.05) is 90.5 Å². The Bertz CT molecular complexity index is 1420. The highest BCUT2D eigenvalue weighted by molar-refractivity contribution is 5.89. The summed E-state index contributed by atoms with van der Waals surface area (Å²) in [5.41, 5.74) is 5.31. The van der Waals surface area contributed by atoms with Gasteiger partial charge in [0.1, 0.15) is 6.10 Å². The fraction of sp³-hybridized carbons (Fsp3) is 0.641. The predicted molar refractivity (Wildman–Crippen MR) is 171 cm³/mol. The van der Waals surface area contributed by atoms with Crippen LogP contribution in [0.2, 0.25) is 0 Å². The Labute approximate surface area is 259 Å². The molecule has 0 bridgehead atoms. The van der Waals surface area contributed by atoms with Crippen molar-refractivity contribution in [2.24, 2.45) is 38.4 Å². The lowest BCUT2D eigenvalue weighted by molar-refractivity contribution is -0.154. The molecule has 232 valence electrons. The minimum Gasteiger partial charge on any atom is -0.462 e. The van der Waals surface area contributed by atoms with E-state index in [9.17, 15) is 9.59 Å². The summed E-state index contributed by atoms with van der Waals surface area (Å²) >= 11 is 0. The van der Waals surface area contributed by atoms with Crippen molar-refractivity contribution in [2.75, 3.05) is 6.61 Å². The Morgan fingerprint density at radius 2 is 1.56 bits per heavy atom. The maximum Gasteiger partial charge on any atom is 0.338 e. The van der Waals surface area contributed by atoms with E-state index in [1.807, 2.05) is 30.3 Å². The first-order valence-corrected chi connectivity index (χ1v) is 16.6. The molecule has 0 spiro atoms. The molecule has 1 aromatic rings. The molecule has 7 unspecified atom stereocenters. The molecule has 0 N–H and O–H groups in total. The third-order valence-electron chi connectivity index (χ3n) is 13.6. The maximum absolute atomic E-state index is 12.9. The van der Waals surface area contributed by atoms with E-state index in [4.69, 9.17) is 9.47 Å². The molecule has 43 heavy (non-hydrogen) atoms. The van der Waals surface area contributed by atoms with E-state index in [0.717, 1.165) is 32.1 Å². The average molecular weight is 585 g/mol. The molecule has 0 radical (unpaired) electrons. The second-order valence-electron chi connectivity index (χ2n) is 16.6. The van der Waals surface area contributed by atoms with Crippen molar-refractivity contribution in [3.63, 3.8) is 0 Å². The number of ether oxygens (including phenoxy) is 2. The highest BCUT2D eigenvalue weighted by Crippen LogP contribution is 2.74. The number of esters is 2. The van der Waals surface area contributed by atoms with Crippen molar-refractivity contribution in [3.05, 3.63) is 70.8 Å². The quantitative estimate of drug-likeness (QED) is 0.331. The van der Waals surface area contributed by atoms with Crippen LogP contribution in [0.4, 0.5) is 0 Å². The summed E-state index contributed by atoms with van der Waals surface area (Å²) in [7, 11) is 0. The zero-order chi connectivity index (χ0) is 31.1. The molecule has 3 fully saturated rings. The standard InChI is InChI=1S/C39H52O4/c1-26(40)43-32-17-18-37(6)28-16-19-39(8)31-24-35(4,25-42-33(41)27-12-10-9-11-13-27)20-21-36(31,5)22-23-38(39,7)29(28)14-15-30(37)34(32,2)3/h9-16,31-32H,17-25H2,1-8H3. The van der Waals surface area contributed by atoms with Crippen LogP contribution in [0.3, 0.4) is 0 Å². The first kappa shape index (κ1) is 30.4. The Kier molecular flexibility index (Phi) is 7.03. The summed E-state index contributed by atoms with van der Waals surface area (Å²) < 4.78 is 11.8. The average Bonchev–Trinajstić information content (AvgIpc) is 2.96. The summed E-state index contributed by atoms with van der Waals surface area (Å²) in [6.07, 6.45) is 16.2. The molecule has 6 rings (SSSR count). The SMILES string of the molecule is CC(=O)OC1CCC2(C)C3=CCC4(C)C5CC(C)(COC(=O)c6ccccc6)CCC5(C)CCC4(C)C3=CC=C2C1(C)C. The van der Waals surface area contributed by atoms with Crippen LogP contribution in [0.15, 0.2) is 65.3 Å². The molecule has 4 heteroatoms. The number of benzene rings is 1. The number of hydrogen-bond donors (Lipinski definition) is 0. The van der Waals surface area contributed by atoms with Crippen LogP contribution in [0, 0.1) is 38.4 Å². The van der Waals surface area contributed by atoms with Gasteiger partial charge < -0.3 is 9.47 Å². The van der Waals surface area contributed by atoms with Gasteiger partial charge in [0.05, 0.1) is 12.2 Å². The lowest BCUT2D eigenvalue weighted by Crippen LogP contribution is -2.60. The van der Waals surface area contributed by atoms with Crippen LogP contribution in [0.5, 0.6) is 0 Å². The van der Waals surface area contributed by atoms with Crippen molar-refractivity contribution in [1.29, 1.82) is 0 Å². The van der Waals surface area contributed by atoms with Crippen LogP contribution in [0.25, 0.3) is 0 Å². The van der Waals surface area contributed by atoms with E-state index in [1.165, 1.54) is 37.3 Å². The minimum atomic E-state index is -0.213. The van der Waals surface area contributed by atoms with Gasteiger partial charge in [0.15, 0.2) is 0 Å². The smallest absolute Gasteiger partial charge is 0.338 e. The molecule has 7 atom stereocenters. The third-order valence-corrected chi connectivity index (χ3v) is 13.6. The molecule has 0 saturated heterocycles. The monoisotopic (exact) mass is 584 g/mol. The lowest BCUT2D eigenvalue weighted by Gasteiger charge is -2.68. The summed E-state index contributed by atoms with van der Waals surface area (Å²) in [5, 5.41) is 0. The van der Waals surface area contributed by atoms with E-state index >= 15 is 0 Å². The fourth-order valence-corrected chi connectivity index (χ4v) is 10.5. The topological polar surface area (TPSA) is 52.6 Å². The summed E-state index contributed by atoms with van der Waals surface area (Å²) in [4.78, 5) is 24.8. The van der Waals surface area contributed by atoms with Crippen LogP contribution < -0.4 is 0 Å². The molecule has 0 aromatic heterocycles. The first-order valence-electron chi connectivity index (χ1n) is 16.6. The first-order chi connectivity index (χ1) is 20.1. The molecular weight excluding hydrogens is 532 g/mol. The van der Waals surface area contributed by atoms with Gasteiger partial charge in [0, 0.05) is 23.2 Å². The molecule has 5 aliphatic carbocycles. The number of fused-ring (bicyclic) bond motifs is 7. The zero-order valence-electron chi connectivity index (χ0n) is 27.8. The number of carbonyl (C=O) groups excluding carboxylic acids is 2. The van der Waals surface area contributed by atoms with Gasteiger partial charge in [0.25, 0.3) is 0 Å². The van der Waals surface area contributed by atoms with Crippen molar-refractivity contribution in [1.82, 2.24) is 0 Å². The number of rotatable bonds is 4. The largest absolute Gasteiger partial charge is 0.462 e. The van der Waals surface area contributed by atoms with E-state index in [0.29, 0.717) is 23.5 Å². The number of carbonyl (C=O) groups is 2.